The van der Waals surface area contributed by atoms with Crippen molar-refractivity contribution in [1.82, 2.24) is 10.1 Å². The summed E-state index contributed by atoms with van der Waals surface area (Å²) in [6, 6.07) is 2.58. The largest absolute Gasteiger partial charge is 0.493 e. The second-order valence-electron chi connectivity index (χ2n) is 3.94. The Balaban J connectivity index is 2.42. The highest BCUT2D eigenvalue weighted by Gasteiger charge is 2.18. The Morgan fingerprint density at radius 2 is 2.15 bits per heavy atom. The minimum absolute atomic E-state index is 0.147. The zero-order chi connectivity index (χ0) is 14.7. The van der Waals surface area contributed by atoms with E-state index < -0.39 is 6.04 Å². The van der Waals surface area contributed by atoms with Gasteiger partial charge in [-0.15, -0.1) is 0 Å². The molecule has 2 rings (SSSR count). The average Bonchev–Trinajstić information content (AvgIpc) is 2.95. The van der Waals surface area contributed by atoms with Crippen LogP contribution < -0.4 is 15.2 Å². The first-order valence-electron chi connectivity index (χ1n) is 5.72. The number of ether oxygens (including phenoxy) is 2. The van der Waals surface area contributed by atoms with Gasteiger partial charge in [0.05, 0.1) is 25.8 Å². The van der Waals surface area contributed by atoms with Crippen LogP contribution in [0.2, 0.25) is 5.02 Å². The number of hydrogen-bond donors (Lipinski definition) is 2. The molecule has 0 saturated heterocycles. The molecule has 0 fully saturated rings. The van der Waals surface area contributed by atoms with E-state index >= 15 is 0 Å². The molecule has 1 heterocycles. The first-order chi connectivity index (χ1) is 9.60. The lowest BCUT2D eigenvalue weighted by Crippen LogP contribution is -2.14. The van der Waals surface area contributed by atoms with Crippen molar-refractivity contribution < 1.29 is 19.1 Å². The zero-order valence-corrected chi connectivity index (χ0v) is 11.7. The van der Waals surface area contributed by atoms with E-state index in [2.05, 4.69) is 10.1 Å². The van der Waals surface area contributed by atoms with E-state index in [4.69, 9.17) is 36.4 Å². The third-order valence-corrected chi connectivity index (χ3v) is 2.93. The first-order valence-corrected chi connectivity index (χ1v) is 6.10. The predicted octanol–water partition coefficient (Wildman–Crippen LogP) is 1.40. The van der Waals surface area contributed by atoms with Gasteiger partial charge in [0.25, 0.3) is 0 Å². The molecule has 3 N–H and O–H groups in total. The van der Waals surface area contributed by atoms with Crippen LogP contribution in [0.1, 0.15) is 11.9 Å². The molecule has 7 nitrogen and oxygen atoms in total. The number of nitrogens with zero attached hydrogens (tertiary/aromatic N) is 2. The van der Waals surface area contributed by atoms with Gasteiger partial charge >= 0.3 is 0 Å². The number of hydrogen-bond acceptors (Lipinski definition) is 7. The standard InChI is InChI=1S/C12H14ClN3O4/c1-18-9-4-6(3-7(13)10(9)19-2)11-15-12(20-16-11)8(14)5-17/h3-4,8,17H,5,14H2,1-2H3. The van der Waals surface area contributed by atoms with E-state index in [0.29, 0.717) is 27.9 Å². The highest BCUT2D eigenvalue weighted by Crippen LogP contribution is 2.38. The van der Waals surface area contributed by atoms with Gasteiger partial charge in [-0.25, -0.2) is 0 Å². The summed E-state index contributed by atoms with van der Waals surface area (Å²) >= 11 is 6.10. The number of methoxy groups -OCH3 is 2. The van der Waals surface area contributed by atoms with Gasteiger partial charge in [-0.1, -0.05) is 16.8 Å². The van der Waals surface area contributed by atoms with Crippen molar-refractivity contribution in [3.05, 3.63) is 23.0 Å². The smallest absolute Gasteiger partial charge is 0.246 e. The van der Waals surface area contributed by atoms with Crippen LogP contribution in [-0.4, -0.2) is 36.1 Å². The number of aliphatic hydroxyl groups is 1. The number of nitrogens with two attached hydrogens (primary N) is 1. The Kier molecular flexibility index (Phi) is 4.43. The van der Waals surface area contributed by atoms with Crippen molar-refractivity contribution in [3.63, 3.8) is 0 Å². The molecule has 1 atom stereocenters. The Morgan fingerprint density at radius 1 is 1.40 bits per heavy atom. The van der Waals surface area contributed by atoms with Gasteiger partial charge in [0.15, 0.2) is 11.5 Å². The van der Waals surface area contributed by atoms with Crippen molar-refractivity contribution in [2.75, 3.05) is 20.8 Å². The van der Waals surface area contributed by atoms with Crippen molar-refractivity contribution in [1.29, 1.82) is 0 Å². The van der Waals surface area contributed by atoms with Crippen molar-refractivity contribution in [2.45, 2.75) is 6.04 Å². The SMILES string of the molecule is COc1cc(-c2noc(C(N)CO)n2)cc(Cl)c1OC. The Bertz CT molecular complexity index is 602. The second-order valence-corrected chi connectivity index (χ2v) is 4.35. The minimum Gasteiger partial charge on any atom is -0.493 e. The fraction of sp³-hybridized carbons (Fsp3) is 0.333. The van der Waals surface area contributed by atoms with E-state index in [9.17, 15) is 0 Å². The maximum atomic E-state index is 8.95. The predicted molar refractivity (Wildman–Crippen MR) is 71.9 cm³/mol. The molecule has 1 aromatic carbocycles. The fourth-order valence-corrected chi connectivity index (χ4v) is 1.92. The molecule has 0 aliphatic heterocycles. The average molecular weight is 300 g/mol. The molecule has 20 heavy (non-hydrogen) atoms. The summed E-state index contributed by atoms with van der Waals surface area (Å²) in [5, 5.41) is 13.1. The summed E-state index contributed by atoms with van der Waals surface area (Å²) < 4.78 is 15.3. The summed E-state index contributed by atoms with van der Waals surface area (Å²) in [6.45, 7) is -0.283. The number of aromatic nitrogens is 2. The third-order valence-electron chi connectivity index (χ3n) is 2.65. The number of aliphatic hydroxyl groups excluding tert-OH is 1. The lowest BCUT2D eigenvalue weighted by Gasteiger charge is -2.10. The highest BCUT2D eigenvalue weighted by molar-refractivity contribution is 6.32. The molecular formula is C12H14ClN3O4. The number of rotatable bonds is 5. The molecular weight excluding hydrogens is 286 g/mol. The Hall–Kier alpha value is -1.83. The van der Waals surface area contributed by atoms with Crippen LogP contribution in [0, 0.1) is 0 Å². The maximum absolute atomic E-state index is 8.95. The first kappa shape index (κ1) is 14.6. The van der Waals surface area contributed by atoms with Crippen LogP contribution in [0.5, 0.6) is 11.5 Å². The molecule has 0 amide bonds. The van der Waals surface area contributed by atoms with E-state index in [1.165, 1.54) is 14.2 Å². The van der Waals surface area contributed by atoms with E-state index in [1.54, 1.807) is 12.1 Å². The highest BCUT2D eigenvalue weighted by atomic mass is 35.5. The van der Waals surface area contributed by atoms with E-state index in [0.717, 1.165) is 0 Å². The molecule has 1 unspecified atom stereocenters. The number of halogens is 1. The molecule has 108 valence electrons. The lowest BCUT2D eigenvalue weighted by atomic mass is 10.2. The van der Waals surface area contributed by atoms with Gasteiger partial charge in [0.2, 0.25) is 11.7 Å². The summed E-state index contributed by atoms with van der Waals surface area (Å²) in [4.78, 5) is 4.11. The maximum Gasteiger partial charge on any atom is 0.246 e. The van der Waals surface area contributed by atoms with Crippen molar-refractivity contribution in [3.8, 4) is 22.9 Å². The van der Waals surface area contributed by atoms with Gasteiger partial charge in [0.1, 0.15) is 6.04 Å². The van der Waals surface area contributed by atoms with Gasteiger partial charge in [0, 0.05) is 5.56 Å². The molecule has 8 heteroatoms. The molecule has 0 saturated carbocycles. The summed E-state index contributed by atoms with van der Waals surface area (Å²) in [7, 11) is 3.00. The molecule has 0 radical (unpaired) electrons. The Labute approximate surface area is 120 Å². The van der Waals surface area contributed by atoms with Gasteiger partial charge in [-0.05, 0) is 12.1 Å². The molecule has 0 aliphatic rings. The third kappa shape index (κ3) is 2.69. The number of benzene rings is 1. The summed E-state index contributed by atoms with van der Waals surface area (Å²) in [5.74, 6) is 1.32. The van der Waals surface area contributed by atoms with Crippen molar-refractivity contribution >= 4 is 11.6 Å². The Morgan fingerprint density at radius 3 is 2.75 bits per heavy atom. The van der Waals surface area contributed by atoms with Crippen LogP contribution >= 0.6 is 11.6 Å². The van der Waals surface area contributed by atoms with Crippen LogP contribution in [0.3, 0.4) is 0 Å². The summed E-state index contributed by atoms with van der Waals surface area (Å²) in [5.41, 5.74) is 6.19. The molecule has 0 spiro atoms. The van der Waals surface area contributed by atoms with Crippen LogP contribution in [0.4, 0.5) is 0 Å². The molecule has 0 bridgehead atoms. The van der Waals surface area contributed by atoms with Gasteiger partial charge in [-0.3, -0.25) is 0 Å². The topological polar surface area (TPSA) is 104 Å². The minimum atomic E-state index is -0.716. The van der Waals surface area contributed by atoms with Crippen molar-refractivity contribution in [2.24, 2.45) is 5.73 Å². The lowest BCUT2D eigenvalue weighted by molar-refractivity contribution is 0.237. The molecule has 0 aliphatic carbocycles. The van der Waals surface area contributed by atoms with Crippen LogP contribution in [-0.2, 0) is 0 Å². The quantitative estimate of drug-likeness (QED) is 0.860. The van der Waals surface area contributed by atoms with Crippen LogP contribution in [0.15, 0.2) is 16.7 Å². The van der Waals surface area contributed by atoms with E-state index in [1.807, 2.05) is 0 Å². The second kappa shape index (κ2) is 6.08. The monoisotopic (exact) mass is 299 g/mol. The van der Waals surface area contributed by atoms with E-state index in [-0.39, 0.29) is 12.5 Å². The zero-order valence-electron chi connectivity index (χ0n) is 11.0. The summed E-state index contributed by atoms with van der Waals surface area (Å²) in [6.07, 6.45) is 0. The normalized spacial score (nSPS) is 12.2. The van der Waals surface area contributed by atoms with Gasteiger partial charge < -0.3 is 24.8 Å². The van der Waals surface area contributed by atoms with Crippen LogP contribution in [0.25, 0.3) is 11.4 Å². The molecule has 1 aromatic heterocycles. The van der Waals surface area contributed by atoms with Gasteiger partial charge in [-0.2, -0.15) is 4.98 Å². The molecule has 2 aromatic rings. The fourth-order valence-electron chi connectivity index (χ4n) is 1.63.